The molecule has 4 rings (SSSR count). The second-order valence-electron chi connectivity index (χ2n) is 5.90. The second kappa shape index (κ2) is 7.08. The Morgan fingerprint density at radius 2 is 1.74 bits per heavy atom. The van der Waals surface area contributed by atoms with Gasteiger partial charge in [0.1, 0.15) is 17.8 Å². The number of anilines is 5. The van der Waals surface area contributed by atoms with Crippen molar-refractivity contribution < 1.29 is 4.74 Å². The Balaban J connectivity index is 1.59. The summed E-state index contributed by atoms with van der Waals surface area (Å²) in [5.74, 6) is 1.82. The van der Waals surface area contributed by atoms with Crippen molar-refractivity contribution in [2.24, 2.45) is 0 Å². The zero-order chi connectivity index (χ0) is 18.8. The molecule has 2 aromatic carbocycles. The van der Waals surface area contributed by atoms with E-state index in [-0.39, 0.29) is 0 Å². The van der Waals surface area contributed by atoms with Gasteiger partial charge in [-0.2, -0.15) is 0 Å². The minimum absolute atomic E-state index is 0.421. The van der Waals surface area contributed by atoms with E-state index in [4.69, 9.17) is 10.5 Å². The number of benzene rings is 2. The van der Waals surface area contributed by atoms with Gasteiger partial charge in [0.2, 0.25) is 0 Å². The predicted molar refractivity (Wildman–Crippen MR) is 110 cm³/mol. The lowest BCUT2D eigenvalue weighted by atomic mass is 10.2. The first-order valence-electron chi connectivity index (χ1n) is 8.29. The molecule has 0 amide bonds. The molecule has 7 nitrogen and oxygen atoms in total. The molecular formula is C19H18N6OS. The number of aromatic nitrogens is 3. The molecular weight excluding hydrogens is 360 g/mol. The summed E-state index contributed by atoms with van der Waals surface area (Å²) in [6.07, 6.45) is 1.46. The van der Waals surface area contributed by atoms with Gasteiger partial charge in [-0.3, -0.25) is 0 Å². The molecule has 0 bridgehead atoms. The number of hydrogen-bond donors (Lipinski definition) is 3. The number of methoxy groups -OCH3 is 1. The summed E-state index contributed by atoms with van der Waals surface area (Å²) in [5, 5.41) is 7.14. The van der Waals surface area contributed by atoms with Gasteiger partial charge in [0.05, 0.1) is 17.3 Å². The standard InChI is InChI=1S/C19H18N6OS/c1-11-4-3-5-14-16(11)24-19(27-14)25-18-15(20)17(21-10-22-18)23-12-6-8-13(26-2)9-7-12/h3-10H,20H2,1-2H3,(H2,21,22,23,24,25). The average molecular weight is 378 g/mol. The first-order chi connectivity index (χ1) is 13.1. The minimum Gasteiger partial charge on any atom is -0.497 e. The molecule has 4 aromatic rings. The Kier molecular flexibility index (Phi) is 4.47. The van der Waals surface area contributed by atoms with Gasteiger partial charge >= 0.3 is 0 Å². The largest absolute Gasteiger partial charge is 0.497 e. The fourth-order valence-corrected chi connectivity index (χ4v) is 3.59. The fraction of sp³-hybridized carbons (Fsp3) is 0.105. The smallest absolute Gasteiger partial charge is 0.189 e. The molecule has 27 heavy (non-hydrogen) atoms. The molecule has 2 heterocycles. The molecule has 4 N–H and O–H groups in total. The molecule has 0 aliphatic carbocycles. The third-order valence-corrected chi connectivity index (χ3v) is 5.02. The Labute approximate surface area is 160 Å². The molecule has 0 spiro atoms. The number of ether oxygens (including phenoxy) is 1. The molecule has 0 atom stereocenters. The maximum absolute atomic E-state index is 6.26. The number of para-hydroxylation sites is 1. The van der Waals surface area contributed by atoms with Crippen LogP contribution in [0.25, 0.3) is 10.2 Å². The molecule has 0 fully saturated rings. The molecule has 0 aliphatic heterocycles. The quantitative estimate of drug-likeness (QED) is 0.471. The van der Waals surface area contributed by atoms with Gasteiger partial charge < -0.3 is 21.1 Å². The first-order valence-corrected chi connectivity index (χ1v) is 9.10. The minimum atomic E-state index is 0.421. The molecule has 0 saturated heterocycles. The fourth-order valence-electron chi connectivity index (χ4n) is 2.65. The number of nitrogen functional groups attached to an aromatic ring is 1. The van der Waals surface area contributed by atoms with Gasteiger partial charge in [0.25, 0.3) is 0 Å². The maximum atomic E-state index is 6.26. The monoisotopic (exact) mass is 378 g/mol. The highest BCUT2D eigenvalue weighted by Gasteiger charge is 2.12. The molecule has 0 saturated carbocycles. The molecule has 0 aliphatic rings. The molecule has 8 heteroatoms. The Morgan fingerprint density at radius 1 is 1.00 bits per heavy atom. The molecule has 0 radical (unpaired) electrons. The Morgan fingerprint density at radius 3 is 2.44 bits per heavy atom. The molecule has 136 valence electrons. The van der Waals surface area contributed by atoms with E-state index in [0.717, 1.165) is 32.3 Å². The summed E-state index contributed by atoms with van der Waals surface area (Å²) in [6.45, 7) is 2.04. The van der Waals surface area contributed by atoms with Gasteiger partial charge in [-0.25, -0.2) is 15.0 Å². The van der Waals surface area contributed by atoms with Crippen molar-refractivity contribution >= 4 is 49.7 Å². The predicted octanol–water partition coefficient (Wildman–Crippen LogP) is 4.47. The number of rotatable bonds is 5. The van der Waals surface area contributed by atoms with Crippen LogP contribution in [0.4, 0.5) is 28.1 Å². The summed E-state index contributed by atoms with van der Waals surface area (Å²) in [5.41, 5.74) is 9.65. The SMILES string of the molecule is COc1ccc(Nc2ncnc(Nc3nc4c(C)cccc4s3)c2N)cc1. The Hall–Kier alpha value is -3.39. The van der Waals surface area contributed by atoms with Gasteiger partial charge in [0, 0.05) is 5.69 Å². The topological polar surface area (TPSA) is 98.0 Å². The highest BCUT2D eigenvalue weighted by molar-refractivity contribution is 7.22. The number of nitrogens with zero attached hydrogens (tertiary/aromatic N) is 3. The number of nitrogens with one attached hydrogen (secondary N) is 2. The second-order valence-corrected chi connectivity index (χ2v) is 6.93. The number of nitrogens with two attached hydrogens (primary N) is 1. The van der Waals surface area contributed by atoms with Crippen molar-refractivity contribution in [3.63, 3.8) is 0 Å². The van der Waals surface area contributed by atoms with E-state index < -0.39 is 0 Å². The molecule has 2 aromatic heterocycles. The summed E-state index contributed by atoms with van der Waals surface area (Å²) >= 11 is 1.56. The average Bonchev–Trinajstić information content (AvgIpc) is 3.10. The van der Waals surface area contributed by atoms with Crippen molar-refractivity contribution in [1.82, 2.24) is 15.0 Å². The van der Waals surface area contributed by atoms with Crippen molar-refractivity contribution in [2.45, 2.75) is 6.92 Å². The number of aryl methyl sites for hydroxylation is 1. The van der Waals surface area contributed by atoms with Crippen molar-refractivity contribution in [2.75, 3.05) is 23.5 Å². The van der Waals surface area contributed by atoms with E-state index in [1.165, 1.54) is 6.33 Å². The summed E-state index contributed by atoms with van der Waals surface area (Å²) in [6, 6.07) is 13.6. The number of thiazole rings is 1. The summed E-state index contributed by atoms with van der Waals surface area (Å²) in [7, 11) is 1.63. The van der Waals surface area contributed by atoms with Gasteiger partial charge in [-0.1, -0.05) is 23.5 Å². The summed E-state index contributed by atoms with van der Waals surface area (Å²) < 4.78 is 6.28. The molecule has 0 unspecified atom stereocenters. The van der Waals surface area contributed by atoms with Crippen molar-refractivity contribution in [1.29, 1.82) is 0 Å². The lowest BCUT2D eigenvalue weighted by molar-refractivity contribution is 0.415. The van der Waals surface area contributed by atoms with Crippen LogP contribution in [0.15, 0.2) is 48.8 Å². The number of fused-ring (bicyclic) bond motifs is 1. The van der Waals surface area contributed by atoms with Crippen LogP contribution in [0.3, 0.4) is 0 Å². The van der Waals surface area contributed by atoms with Crippen LogP contribution in [0.1, 0.15) is 5.56 Å². The van der Waals surface area contributed by atoms with Crippen molar-refractivity contribution in [3.05, 3.63) is 54.4 Å². The van der Waals surface area contributed by atoms with Crippen molar-refractivity contribution in [3.8, 4) is 5.75 Å². The van der Waals surface area contributed by atoms with E-state index >= 15 is 0 Å². The zero-order valence-electron chi connectivity index (χ0n) is 14.9. The van der Waals surface area contributed by atoms with E-state index in [2.05, 4.69) is 25.6 Å². The zero-order valence-corrected chi connectivity index (χ0v) is 15.7. The van der Waals surface area contributed by atoms with Crippen LogP contribution in [0.2, 0.25) is 0 Å². The third kappa shape index (κ3) is 3.47. The summed E-state index contributed by atoms with van der Waals surface area (Å²) in [4.78, 5) is 13.1. The highest BCUT2D eigenvalue weighted by Crippen LogP contribution is 2.33. The lowest BCUT2D eigenvalue weighted by Crippen LogP contribution is -2.05. The first kappa shape index (κ1) is 17.0. The van der Waals surface area contributed by atoms with E-state index in [0.29, 0.717) is 17.3 Å². The van der Waals surface area contributed by atoms with Gasteiger partial charge in [-0.15, -0.1) is 0 Å². The number of hydrogen-bond acceptors (Lipinski definition) is 8. The lowest BCUT2D eigenvalue weighted by Gasteiger charge is -2.11. The normalized spacial score (nSPS) is 10.7. The van der Waals surface area contributed by atoms with Crippen LogP contribution in [-0.4, -0.2) is 22.1 Å². The maximum Gasteiger partial charge on any atom is 0.189 e. The third-order valence-electron chi connectivity index (χ3n) is 4.08. The van der Waals surface area contributed by atoms with Crippen LogP contribution < -0.4 is 21.1 Å². The van der Waals surface area contributed by atoms with Crippen LogP contribution in [0, 0.1) is 6.92 Å². The van der Waals surface area contributed by atoms with Gasteiger partial charge in [-0.05, 0) is 42.8 Å². The highest BCUT2D eigenvalue weighted by atomic mass is 32.1. The van der Waals surface area contributed by atoms with E-state index in [1.54, 1.807) is 18.4 Å². The Bertz CT molecular complexity index is 1090. The van der Waals surface area contributed by atoms with Crippen LogP contribution >= 0.6 is 11.3 Å². The van der Waals surface area contributed by atoms with E-state index in [1.807, 2.05) is 49.4 Å². The van der Waals surface area contributed by atoms with Crippen LogP contribution in [0.5, 0.6) is 5.75 Å². The van der Waals surface area contributed by atoms with Gasteiger partial charge in [0.15, 0.2) is 16.8 Å². The van der Waals surface area contributed by atoms with Crippen LogP contribution in [-0.2, 0) is 0 Å². The van der Waals surface area contributed by atoms with E-state index in [9.17, 15) is 0 Å².